The molecule has 0 radical (unpaired) electrons. The average Bonchev–Trinajstić information content (AvgIpc) is 2.55. The Balaban J connectivity index is 1.85. The van der Waals surface area contributed by atoms with Gasteiger partial charge in [0.05, 0.1) is 6.26 Å². The second-order valence-electron chi connectivity index (χ2n) is 5.88. The van der Waals surface area contributed by atoms with Crippen LogP contribution in [0.5, 0.6) is 0 Å². The van der Waals surface area contributed by atoms with E-state index in [9.17, 15) is 0 Å². The minimum absolute atomic E-state index is 0.335. The Hall–Kier alpha value is -1.50. The molecule has 1 aromatic rings. The van der Waals surface area contributed by atoms with E-state index in [0.29, 0.717) is 12.0 Å². The van der Waals surface area contributed by atoms with Gasteiger partial charge in [-0.1, -0.05) is 68.7 Å². The summed E-state index contributed by atoms with van der Waals surface area (Å²) in [7, 11) is 0. The summed E-state index contributed by atoms with van der Waals surface area (Å²) >= 11 is 0. The minimum Gasteiger partial charge on any atom is -0.497 e. The van der Waals surface area contributed by atoms with Crippen LogP contribution in [0.25, 0.3) is 0 Å². The highest BCUT2D eigenvalue weighted by Gasteiger charge is 2.26. The van der Waals surface area contributed by atoms with E-state index in [-0.39, 0.29) is 0 Å². The van der Waals surface area contributed by atoms with Gasteiger partial charge in [-0.3, -0.25) is 0 Å². The summed E-state index contributed by atoms with van der Waals surface area (Å²) in [5.41, 5.74) is 1.43. The molecule has 2 rings (SSSR count). The van der Waals surface area contributed by atoms with Crippen LogP contribution in [0, 0.1) is 0 Å². The van der Waals surface area contributed by atoms with Crippen molar-refractivity contribution in [3.8, 4) is 0 Å². The topological polar surface area (TPSA) is 9.23 Å². The van der Waals surface area contributed by atoms with E-state index < -0.39 is 0 Å². The molecule has 1 nitrogen and oxygen atoms in total. The van der Waals surface area contributed by atoms with Gasteiger partial charge in [-0.25, -0.2) is 0 Å². The standard InChI is InChI=1S/C20H28O/c1-2-3-4-5-6-12-17-21-20-16-11-10-15-19(20)18-13-8-7-9-14-18/h5-9,12-14,17,19-20H,2-4,10-11,15-16H2,1H3/b6-5-,17-12+/t19-,20+/m1/s1. The molecule has 1 aliphatic carbocycles. The van der Waals surface area contributed by atoms with Crippen LogP contribution >= 0.6 is 0 Å². The van der Waals surface area contributed by atoms with Crippen molar-refractivity contribution >= 4 is 0 Å². The third-order valence-electron chi connectivity index (χ3n) is 4.23. The van der Waals surface area contributed by atoms with Gasteiger partial charge in [0.2, 0.25) is 0 Å². The van der Waals surface area contributed by atoms with Crippen molar-refractivity contribution in [2.24, 2.45) is 0 Å². The van der Waals surface area contributed by atoms with Gasteiger partial charge in [-0.05, 0) is 37.3 Å². The van der Waals surface area contributed by atoms with Crippen LogP contribution in [0.2, 0.25) is 0 Å². The molecule has 114 valence electrons. The normalized spacial score (nSPS) is 22.9. The molecule has 0 heterocycles. The summed E-state index contributed by atoms with van der Waals surface area (Å²) in [5, 5.41) is 0. The van der Waals surface area contributed by atoms with Crippen LogP contribution in [-0.2, 0) is 4.74 Å². The lowest BCUT2D eigenvalue weighted by Gasteiger charge is -2.31. The quantitative estimate of drug-likeness (QED) is 0.339. The molecular formula is C20H28O. The highest BCUT2D eigenvalue weighted by Crippen LogP contribution is 2.34. The van der Waals surface area contributed by atoms with Crippen LogP contribution in [0.1, 0.15) is 63.4 Å². The summed E-state index contributed by atoms with van der Waals surface area (Å²) in [6.45, 7) is 2.22. The van der Waals surface area contributed by atoms with Gasteiger partial charge in [0.25, 0.3) is 0 Å². The average molecular weight is 284 g/mol. The van der Waals surface area contributed by atoms with E-state index in [1.165, 1.54) is 44.1 Å². The number of hydrogen-bond donors (Lipinski definition) is 0. The van der Waals surface area contributed by atoms with Crippen LogP contribution in [0.4, 0.5) is 0 Å². The fourth-order valence-corrected chi connectivity index (χ4v) is 3.03. The van der Waals surface area contributed by atoms with Gasteiger partial charge in [-0.2, -0.15) is 0 Å². The van der Waals surface area contributed by atoms with Crippen molar-refractivity contribution in [1.82, 2.24) is 0 Å². The van der Waals surface area contributed by atoms with Gasteiger partial charge < -0.3 is 4.74 Å². The second kappa shape index (κ2) is 9.44. The third kappa shape index (κ3) is 5.41. The van der Waals surface area contributed by atoms with Gasteiger partial charge in [0, 0.05) is 5.92 Å². The second-order valence-corrected chi connectivity index (χ2v) is 5.88. The summed E-state index contributed by atoms with van der Waals surface area (Å²) in [5.74, 6) is 0.550. The SMILES string of the molecule is CCCC/C=C\C=C\O[C@H]1CCCC[C@@H]1c1ccccc1. The zero-order valence-corrected chi connectivity index (χ0v) is 13.2. The molecule has 21 heavy (non-hydrogen) atoms. The summed E-state index contributed by atoms with van der Waals surface area (Å²) in [6, 6.07) is 10.8. The Kier molecular flexibility index (Phi) is 7.14. The van der Waals surface area contributed by atoms with Gasteiger partial charge in [-0.15, -0.1) is 0 Å². The first-order valence-corrected chi connectivity index (χ1v) is 8.44. The Morgan fingerprint density at radius 3 is 2.71 bits per heavy atom. The van der Waals surface area contributed by atoms with E-state index in [1.807, 2.05) is 12.3 Å². The van der Waals surface area contributed by atoms with E-state index in [0.717, 1.165) is 6.42 Å². The van der Waals surface area contributed by atoms with Crippen molar-refractivity contribution in [3.63, 3.8) is 0 Å². The lowest BCUT2D eigenvalue weighted by Crippen LogP contribution is -2.24. The molecular weight excluding hydrogens is 256 g/mol. The fraction of sp³-hybridized carbons (Fsp3) is 0.500. The zero-order chi connectivity index (χ0) is 14.8. The van der Waals surface area contributed by atoms with Crippen molar-refractivity contribution < 1.29 is 4.74 Å². The maximum Gasteiger partial charge on any atom is 0.105 e. The number of benzene rings is 1. The molecule has 0 saturated heterocycles. The largest absolute Gasteiger partial charge is 0.497 e. The maximum atomic E-state index is 6.02. The zero-order valence-electron chi connectivity index (χ0n) is 13.2. The summed E-state index contributed by atoms with van der Waals surface area (Å²) < 4.78 is 6.02. The third-order valence-corrected chi connectivity index (χ3v) is 4.23. The maximum absolute atomic E-state index is 6.02. The Morgan fingerprint density at radius 2 is 1.90 bits per heavy atom. The molecule has 1 heteroatoms. The molecule has 0 unspecified atom stereocenters. The highest BCUT2D eigenvalue weighted by atomic mass is 16.5. The first-order valence-electron chi connectivity index (χ1n) is 8.44. The Bertz CT molecular complexity index is 432. The van der Waals surface area contributed by atoms with Gasteiger partial charge in [0.1, 0.15) is 6.10 Å². The minimum atomic E-state index is 0.335. The van der Waals surface area contributed by atoms with Crippen molar-refractivity contribution in [2.75, 3.05) is 0 Å². The number of rotatable bonds is 7. The number of unbranched alkanes of at least 4 members (excludes halogenated alkanes) is 2. The summed E-state index contributed by atoms with van der Waals surface area (Å²) in [6.07, 6.45) is 17.3. The van der Waals surface area contributed by atoms with Crippen molar-refractivity contribution in [1.29, 1.82) is 0 Å². The smallest absolute Gasteiger partial charge is 0.105 e. The molecule has 2 atom stereocenters. The molecule has 0 aromatic heterocycles. The highest BCUT2D eigenvalue weighted by molar-refractivity contribution is 5.21. The van der Waals surface area contributed by atoms with E-state index >= 15 is 0 Å². The number of allylic oxidation sites excluding steroid dienone is 3. The van der Waals surface area contributed by atoms with Gasteiger partial charge in [0.15, 0.2) is 0 Å². The van der Waals surface area contributed by atoms with Crippen LogP contribution < -0.4 is 0 Å². The fourth-order valence-electron chi connectivity index (χ4n) is 3.03. The molecule has 1 aliphatic rings. The molecule has 0 bridgehead atoms. The number of ether oxygens (including phenoxy) is 1. The predicted molar refractivity (Wildman–Crippen MR) is 90.3 cm³/mol. The molecule has 0 spiro atoms. The van der Waals surface area contributed by atoms with Crippen molar-refractivity contribution in [3.05, 3.63) is 60.4 Å². The first-order chi connectivity index (χ1) is 10.4. The van der Waals surface area contributed by atoms with Crippen LogP contribution in [-0.4, -0.2) is 6.10 Å². The molecule has 0 aliphatic heterocycles. The monoisotopic (exact) mass is 284 g/mol. The Morgan fingerprint density at radius 1 is 1.10 bits per heavy atom. The van der Waals surface area contributed by atoms with Crippen molar-refractivity contribution in [2.45, 2.75) is 63.9 Å². The Labute approximate surface area is 129 Å². The van der Waals surface area contributed by atoms with Crippen LogP contribution in [0.15, 0.2) is 54.8 Å². The first kappa shape index (κ1) is 15.9. The lowest BCUT2D eigenvalue weighted by atomic mass is 9.81. The number of hydrogen-bond acceptors (Lipinski definition) is 1. The van der Waals surface area contributed by atoms with Crippen LogP contribution in [0.3, 0.4) is 0 Å². The molecule has 0 amide bonds. The lowest BCUT2D eigenvalue weighted by molar-refractivity contribution is 0.0848. The molecule has 1 saturated carbocycles. The van der Waals surface area contributed by atoms with Gasteiger partial charge >= 0.3 is 0 Å². The predicted octanol–water partition coefficient (Wildman–Crippen LogP) is 5.99. The molecule has 0 N–H and O–H groups in total. The van der Waals surface area contributed by atoms with E-state index in [2.05, 4.69) is 49.4 Å². The summed E-state index contributed by atoms with van der Waals surface area (Å²) in [4.78, 5) is 0. The molecule has 1 fully saturated rings. The van der Waals surface area contributed by atoms with E-state index in [4.69, 9.17) is 4.74 Å². The van der Waals surface area contributed by atoms with E-state index in [1.54, 1.807) is 0 Å². The molecule has 1 aromatic carbocycles.